The predicted octanol–water partition coefficient (Wildman–Crippen LogP) is 1.57. The number of nitrogens with zero attached hydrogens (tertiary/aromatic N) is 3. The molecule has 1 amide bonds. The lowest BCUT2D eigenvalue weighted by Crippen LogP contribution is -2.35. The Hall–Kier alpha value is -1.52. The Bertz CT molecular complexity index is 448. The largest absolute Gasteiger partial charge is 0.395 e. The van der Waals surface area contributed by atoms with Crippen molar-refractivity contribution >= 4 is 11.6 Å². The summed E-state index contributed by atoms with van der Waals surface area (Å²) < 4.78 is 1.60. The van der Waals surface area contributed by atoms with Crippen LogP contribution in [0.1, 0.15) is 42.4 Å². The van der Waals surface area contributed by atoms with Crippen molar-refractivity contribution in [2.75, 3.05) is 18.8 Å². The standard InChI is InChI=1S/C13H22N4O/c1-4-7-17(8-10-5-6-10)13(18)12-11(14)9(2)15-16(12)3/h10H,4-8,14H2,1-3H3. The maximum absolute atomic E-state index is 12.5. The van der Waals surface area contributed by atoms with Gasteiger partial charge in [-0.15, -0.1) is 0 Å². The summed E-state index contributed by atoms with van der Waals surface area (Å²) in [6.07, 6.45) is 3.45. The van der Waals surface area contributed by atoms with Crippen molar-refractivity contribution in [3.8, 4) is 0 Å². The fraction of sp³-hybridized carbons (Fsp3) is 0.692. The van der Waals surface area contributed by atoms with Crippen molar-refractivity contribution in [3.05, 3.63) is 11.4 Å². The summed E-state index contributed by atoms with van der Waals surface area (Å²) >= 11 is 0. The number of amides is 1. The van der Waals surface area contributed by atoms with E-state index in [0.29, 0.717) is 17.3 Å². The van der Waals surface area contributed by atoms with Gasteiger partial charge in [-0.1, -0.05) is 6.92 Å². The van der Waals surface area contributed by atoms with Crippen molar-refractivity contribution < 1.29 is 4.79 Å². The van der Waals surface area contributed by atoms with Crippen LogP contribution in [-0.2, 0) is 7.05 Å². The number of carbonyl (C=O) groups excluding carboxylic acids is 1. The normalized spacial score (nSPS) is 14.8. The average Bonchev–Trinajstić information content (AvgIpc) is 3.07. The first kappa shape index (κ1) is 12.9. The monoisotopic (exact) mass is 250 g/mol. The van der Waals surface area contributed by atoms with E-state index < -0.39 is 0 Å². The molecule has 0 spiro atoms. The topological polar surface area (TPSA) is 64.2 Å². The molecule has 0 aliphatic heterocycles. The molecule has 100 valence electrons. The van der Waals surface area contributed by atoms with Crippen molar-refractivity contribution in [2.24, 2.45) is 13.0 Å². The van der Waals surface area contributed by atoms with Gasteiger partial charge in [-0.2, -0.15) is 5.10 Å². The van der Waals surface area contributed by atoms with E-state index in [2.05, 4.69) is 12.0 Å². The third kappa shape index (κ3) is 2.49. The Morgan fingerprint density at radius 3 is 2.67 bits per heavy atom. The highest BCUT2D eigenvalue weighted by molar-refractivity contribution is 5.98. The number of aromatic nitrogens is 2. The molecule has 18 heavy (non-hydrogen) atoms. The lowest BCUT2D eigenvalue weighted by Gasteiger charge is -2.22. The molecule has 0 bridgehead atoms. The highest BCUT2D eigenvalue weighted by Gasteiger charge is 2.29. The second-order valence-electron chi connectivity index (χ2n) is 5.17. The van der Waals surface area contributed by atoms with Gasteiger partial charge in [0.05, 0.1) is 11.4 Å². The first-order valence-electron chi connectivity index (χ1n) is 6.63. The van der Waals surface area contributed by atoms with Crippen molar-refractivity contribution in [1.82, 2.24) is 14.7 Å². The highest BCUT2D eigenvalue weighted by atomic mass is 16.2. The second-order valence-corrected chi connectivity index (χ2v) is 5.17. The van der Waals surface area contributed by atoms with E-state index in [0.717, 1.165) is 25.2 Å². The van der Waals surface area contributed by atoms with Crippen LogP contribution in [0.5, 0.6) is 0 Å². The summed E-state index contributed by atoms with van der Waals surface area (Å²) in [6, 6.07) is 0. The van der Waals surface area contributed by atoms with Crippen LogP contribution >= 0.6 is 0 Å². The van der Waals surface area contributed by atoms with Crippen molar-refractivity contribution in [2.45, 2.75) is 33.1 Å². The quantitative estimate of drug-likeness (QED) is 0.862. The van der Waals surface area contributed by atoms with Gasteiger partial charge in [0, 0.05) is 20.1 Å². The second kappa shape index (κ2) is 5.00. The van der Waals surface area contributed by atoms with Gasteiger partial charge in [0.2, 0.25) is 0 Å². The zero-order chi connectivity index (χ0) is 13.3. The fourth-order valence-corrected chi connectivity index (χ4v) is 2.24. The van der Waals surface area contributed by atoms with E-state index in [1.807, 2.05) is 11.8 Å². The molecule has 1 aliphatic carbocycles. The first-order valence-corrected chi connectivity index (χ1v) is 6.63. The van der Waals surface area contributed by atoms with Crippen LogP contribution in [0.15, 0.2) is 0 Å². The van der Waals surface area contributed by atoms with Gasteiger partial charge in [-0.05, 0) is 32.1 Å². The lowest BCUT2D eigenvalue weighted by atomic mass is 10.2. The summed E-state index contributed by atoms with van der Waals surface area (Å²) in [5, 5.41) is 4.21. The lowest BCUT2D eigenvalue weighted by molar-refractivity contribution is 0.0737. The molecule has 2 rings (SSSR count). The van der Waals surface area contributed by atoms with Gasteiger partial charge in [-0.25, -0.2) is 0 Å². The van der Waals surface area contributed by atoms with Gasteiger partial charge in [0.15, 0.2) is 0 Å². The number of nitrogens with two attached hydrogens (primary N) is 1. The SMILES string of the molecule is CCCN(CC1CC1)C(=O)c1c(N)c(C)nn1C. The minimum Gasteiger partial charge on any atom is -0.395 e. The third-order valence-electron chi connectivity index (χ3n) is 3.43. The van der Waals surface area contributed by atoms with Crippen LogP contribution in [0.3, 0.4) is 0 Å². The molecular formula is C13H22N4O. The number of rotatable bonds is 5. The molecule has 1 heterocycles. The van der Waals surface area contributed by atoms with Gasteiger partial charge in [0.1, 0.15) is 5.69 Å². The molecule has 1 aliphatic rings. The van der Waals surface area contributed by atoms with E-state index in [4.69, 9.17) is 5.73 Å². The van der Waals surface area contributed by atoms with Crippen LogP contribution in [0.2, 0.25) is 0 Å². The van der Waals surface area contributed by atoms with Gasteiger partial charge in [0.25, 0.3) is 5.91 Å². The van der Waals surface area contributed by atoms with E-state index in [9.17, 15) is 4.79 Å². The van der Waals surface area contributed by atoms with Crippen LogP contribution in [0.25, 0.3) is 0 Å². The maximum atomic E-state index is 12.5. The predicted molar refractivity (Wildman–Crippen MR) is 71.3 cm³/mol. The molecule has 5 nitrogen and oxygen atoms in total. The smallest absolute Gasteiger partial charge is 0.274 e. The zero-order valence-corrected chi connectivity index (χ0v) is 11.4. The van der Waals surface area contributed by atoms with Crippen molar-refractivity contribution in [3.63, 3.8) is 0 Å². The number of aryl methyl sites for hydroxylation is 2. The molecule has 0 atom stereocenters. The van der Waals surface area contributed by atoms with E-state index >= 15 is 0 Å². The number of carbonyl (C=O) groups is 1. The number of nitrogen functional groups attached to an aromatic ring is 1. The molecule has 0 unspecified atom stereocenters. The molecule has 0 radical (unpaired) electrons. The summed E-state index contributed by atoms with van der Waals surface area (Å²) in [5.41, 5.74) is 7.72. The Morgan fingerprint density at radius 1 is 1.56 bits per heavy atom. The highest BCUT2D eigenvalue weighted by Crippen LogP contribution is 2.30. The Balaban J connectivity index is 2.20. The van der Waals surface area contributed by atoms with E-state index in [1.165, 1.54) is 12.8 Å². The summed E-state index contributed by atoms with van der Waals surface area (Å²) in [6.45, 7) is 5.57. The van der Waals surface area contributed by atoms with Crippen LogP contribution in [0, 0.1) is 12.8 Å². The number of hydrogen-bond donors (Lipinski definition) is 1. The molecule has 2 N–H and O–H groups in total. The molecule has 1 aromatic heterocycles. The number of hydrogen-bond acceptors (Lipinski definition) is 3. The Morgan fingerprint density at radius 2 is 2.22 bits per heavy atom. The maximum Gasteiger partial charge on any atom is 0.274 e. The van der Waals surface area contributed by atoms with Gasteiger partial charge in [-0.3, -0.25) is 9.48 Å². The summed E-state index contributed by atoms with van der Waals surface area (Å²) in [4.78, 5) is 14.5. The third-order valence-corrected chi connectivity index (χ3v) is 3.43. The molecule has 1 aromatic rings. The molecule has 0 aromatic carbocycles. The van der Waals surface area contributed by atoms with Crippen molar-refractivity contribution in [1.29, 1.82) is 0 Å². The number of anilines is 1. The van der Waals surface area contributed by atoms with Gasteiger partial charge < -0.3 is 10.6 Å². The van der Waals surface area contributed by atoms with Crippen LogP contribution in [0.4, 0.5) is 5.69 Å². The zero-order valence-electron chi connectivity index (χ0n) is 11.4. The summed E-state index contributed by atoms with van der Waals surface area (Å²) in [7, 11) is 1.78. The molecule has 5 heteroatoms. The average molecular weight is 250 g/mol. The summed E-state index contributed by atoms with van der Waals surface area (Å²) in [5.74, 6) is 0.709. The fourth-order valence-electron chi connectivity index (χ4n) is 2.24. The molecular weight excluding hydrogens is 228 g/mol. The molecule has 0 saturated heterocycles. The van der Waals surface area contributed by atoms with Gasteiger partial charge >= 0.3 is 0 Å². The van der Waals surface area contributed by atoms with E-state index in [1.54, 1.807) is 11.7 Å². The first-order chi connectivity index (χ1) is 8.54. The Kier molecular flexibility index (Phi) is 3.59. The van der Waals surface area contributed by atoms with Crippen LogP contribution < -0.4 is 5.73 Å². The van der Waals surface area contributed by atoms with Crippen LogP contribution in [-0.4, -0.2) is 33.7 Å². The Labute approximate surface area is 108 Å². The molecule has 1 fully saturated rings. The molecule has 1 saturated carbocycles. The van der Waals surface area contributed by atoms with E-state index in [-0.39, 0.29) is 5.91 Å². The minimum absolute atomic E-state index is 0.0179. The minimum atomic E-state index is 0.0179.